The molecule has 3 saturated heterocycles. The van der Waals surface area contributed by atoms with Gasteiger partial charge >= 0.3 is 6.03 Å². The van der Waals surface area contributed by atoms with E-state index in [2.05, 4.69) is 10.2 Å². The maximum absolute atomic E-state index is 13.4. The third-order valence-electron chi connectivity index (χ3n) is 7.48. The van der Waals surface area contributed by atoms with Crippen LogP contribution in [0, 0.1) is 5.92 Å². The molecular formula is C26H38N4O4. The number of imide groups is 1. The third kappa shape index (κ3) is 5.96. The number of nitrogens with zero attached hydrogens (tertiary/aromatic N) is 3. The van der Waals surface area contributed by atoms with E-state index in [9.17, 15) is 14.4 Å². The van der Waals surface area contributed by atoms with Gasteiger partial charge in [-0.25, -0.2) is 4.79 Å². The Morgan fingerprint density at radius 1 is 1.12 bits per heavy atom. The highest BCUT2D eigenvalue weighted by molar-refractivity contribution is 6.05. The van der Waals surface area contributed by atoms with Crippen molar-refractivity contribution in [3.05, 3.63) is 35.9 Å². The summed E-state index contributed by atoms with van der Waals surface area (Å²) in [6.07, 6.45) is 6.80. The summed E-state index contributed by atoms with van der Waals surface area (Å²) in [5, 5.41) is 2.73. The smallest absolute Gasteiger partial charge is 0.325 e. The van der Waals surface area contributed by atoms with Crippen molar-refractivity contribution in [3.8, 4) is 0 Å². The zero-order valence-electron chi connectivity index (χ0n) is 20.3. The normalized spacial score (nSPS) is 25.2. The summed E-state index contributed by atoms with van der Waals surface area (Å²) in [4.78, 5) is 44.6. The number of fused-ring (bicyclic) bond motifs is 1. The van der Waals surface area contributed by atoms with Crippen LogP contribution < -0.4 is 5.32 Å². The average Bonchev–Trinajstić information content (AvgIpc) is 3.11. The molecule has 3 unspecified atom stereocenters. The summed E-state index contributed by atoms with van der Waals surface area (Å²) in [5.74, 6) is 0.0726. The van der Waals surface area contributed by atoms with Gasteiger partial charge in [0.05, 0.1) is 13.0 Å². The minimum absolute atomic E-state index is 0.00391. The Bertz CT molecular complexity index is 846. The van der Waals surface area contributed by atoms with Crippen LogP contribution in [0.1, 0.15) is 50.5 Å². The summed E-state index contributed by atoms with van der Waals surface area (Å²) in [6.45, 7) is 4.46. The lowest BCUT2D eigenvalue weighted by atomic mass is 9.83. The summed E-state index contributed by atoms with van der Waals surface area (Å²) in [6, 6.07) is 8.75. The fraction of sp³-hybridized carbons (Fsp3) is 0.654. The van der Waals surface area contributed by atoms with Crippen LogP contribution in [-0.2, 0) is 20.9 Å². The Hall–Kier alpha value is -2.45. The largest absolute Gasteiger partial charge is 0.385 e. The molecule has 1 N–H and O–H groups in total. The zero-order valence-corrected chi connectivity index (χ0v) is 20.3. The lowest BCUT2D eigenvalue weighted by Crippen LogP contribution is -2.52. The van der Waals surface area contributed by atoms with E-state index in [0.717, 1.165) is 18.4 Å². The molecule has 3 aliphatic rings. The number of nitrogens with one attached hydrogen (secondary N) is 1. The summed E-state index contributed by atoms with van der Waals surface area (Å²) in [7, 11) is 1.67. The van der Waals surface area contributed by atoms with Gasteiger partial charge in [-0.15, -0.1) is 0 Å². The van der Waals surface area contributed by atoms with Crippen molar-refractivity contribution in [1.82, 2.24) is 20.0 Å². The highest BCUT2D eigenvalue weighted by Gasteiger charge is 2.40. The molecule has 4 rings (SSSR count). The quantitative estimate of drug-likeness (QED) is 0.420. The van der Waals surface area contributed by atoms with Crippen molar-refractivity contribution in [1.29, 1.82) is 0 Å². The number of benzene rings is 1. The number of amides is 4. The van der Waals surface area contributed by atoms with E-state index in [1.54, 1.807) is 7.11 Å². The monoisotopic (exact) mass is 470 g/mol. The first kappa shape index (κ1) is 24.7. The Labute approximate surface area is 202 Å². The van der Waals surface area contributed by atoms with Crippen molar-refractivity contribution in [2.24, 2.45) is 5.92 Å². The Morgan fingerprint density at radius 3 is 2.71 bits per heavy atom. The molecule has 0 bridgehead atoms. The van der Waals surface area contributed by atoms with Crippen LogP contribution in [0.15, 0.2) is 30.3 Å². The number of rotatable bonds is 10. The SMILES string of the molecule is COCCCN(CC1CCCN2CCCCC12)C(=O)CC1NC(=O)N(Cc2ccccc2)C1=O. The third-order valence-corrected chi connectivity index (χ3v) is 7.48. The van der Waals surface area contributed by atoms with Gasteiger partial charge in [-0.05, 0) is 56.7 Å². The number of hydrogen-bond acceptors (Lipinski definition) is 5. The van der Waals surface area contributed by atoms with E-state index < -0.39 is 12.1 Å². The Balaban J connectivity index is 1.39. The highest BCUT2D eigenvalue weighted by atomic mass is 16.5. The summed E-state index contributed by atoms with van der Waals surface area (Å²) >= 11 is 0. The van der Waals surface area contributed by atoms with Crippen LogP contribution in [-0.4, -0.2) is 84.5 Å². The summed E-state index contributed by atoms with van der Waals surface area (Å²) in [5.41, 5.74) is 0.883. The van der Waals surface area contributed by atoms with Gasteiger partial charge in [0.2, 0.25) is 5.91 Å². The topological polar surface area (TPSA) is 82.2 Å². The Kier molecular flexibility index (Phi) is 8.56. The van der Waals surface area contributed by atoms with Gasteiger partial charge in [-0.3, -0.25) is 14.5 Å². The van der Waals surface area contributed by atoms with Crippen molar-refractivity contribution >= 4 is 17.8 Å². The van der Waals surface area contributed by atoms with Gasteiger partial charge in [-0.1, -0.05) is 36.8 Å². The number of hydrogen-bond donors (Lipinski definition) is 1. The number of piperidine rings is 2. The van der Waals surface area contributed by atoms with Crippen LogP contribution >= 0.6 is 0 Å². The van der Waals surface area contributed by atoms with Crippen LogP contribution in [0.4, 0.5) is 4.79 Å². The fourth-order valence-corrected chi connectivity index (χ4v) is 5.73. The van der Waals surface area contributed by atoms with Gasteiger partial charge in [0.1, 0.15) is 6.04 Å². The maximum atomic E-state index is 13.4. The van der Waals surface area contributed by atoms with Gasteiger partial charge in [-0.2, -0.15) is 0 Å². The van der Waals surface area contributed by atoms with Crippen LogP contribution in [0.3, 0.4) is 0 Å². The zero-order chi connectivity index (χ0) is 23.9. The molecule has 8 nitrogen and oxygen atoms in total. The second-order valence-electron chi connectivity index (χ2n) is 9.80. The van der Waals surface area contributed by atoms with E-state index >= 15 is 0 Å². The highest BCUT2D eigenvalue weighted by Crippen LogP contribution is 2.31. The van der Waals surface area contributed by atoms with Gasteiger partial charge in [0, 0.05) is 32.8 Å². The molecular weight excluding hydrogens is 432 g/mol. The number of urea groups is 1. The second-order valence-corrected chi connectivity index (χ2v) is 9.80. The predicted octanol–water partition coefficient (Wildman–Crippen LogP) is 2.63. The number of methoxy groups -OCH3 is 1. The molecule has 0 spiro atoms. The molecule has 3 aliphatic heterocycles. The van der Waals surface area contributed by atoms with E-state index in [-0.39, 0.29) is 24.8 Å². The predicted molar refractivity (Wildman–Crippen MR) is 129 cm³/mol. The fourth-order valence-electron chi connectivity index (χ4n) is 5.73. The first-order valence-electron chi connectivity index (χ1n) is 12.7. The molecule has 3 heterocycles. The molecule has 3 atom stereocenters. The van der Waals surface area contributed by atoms with Crippen molar-refractivity contribution in [2.75, 3.05) is 39.9 Å². The van der Waals surface area contributed by atoms with Gasteiger partial charge < -0.3 is 19.9 Å². The molecule has 186 valence electrons. The molecule has 8 heteroatoms. The molecule has 3 fully saturated rings. The minimum Gasteiger partial charge on any atom is -0.385 e. The second kappa shape index (κ2) is 11.8. The van der Waals surface area contributed by atoms with E-state index in [1.807, 2.05) is 35.2 Å². The molecule has 1 aromatic carbocycles. The van der Waals surface area contributed by atoms with E-state index in [4.69, 9.17) is 4.74 Å². The van der Waals surface area contributed by atoms with Crippen molar-refractivity contribution < 1.29 is 19.1 Å². The first-order chi connectivity index (χ1) is 16.6. The molecule has 34 heavy (non-hydrogen) atoms. The lowest BCUT2D eigenvalue weighted by molar-refractivity contribution is -0.137. The molecule has 4 amide bonds. The molecule has 0 radical (unpaired) electrons. The maximum Gasteiger partial charge on any atom is 0.325 e. The van der Waals surface area contributed by atoms with Gasteiger partial charge in [0.25, 0.3) is 5.91 Å². The van der Waals surface area contributed by atoms with Crippen LogP contribution in [0.25, 0.3) is 0 Å². The molecule has 0 aliphatic carbocycles. The first-order valence-corrected chi connectivity index (χ1v) is 12.7. The standard InChI is InChI=1S/C26H38N4O4/c1-34-16-8-15-29(19-21-11-7-14-28-13-6-5-12-23(21)28)24(31)17-22-25(32)30(26(33)27-22)18-20-9-3-2-4-10-20/h2-4,9-10,21-23H,5-8,11-19H2,1H3,(H,27,33). The Morgan fingerprint density at radius 2 is 1.91 bits per heavy atom. The van der Waals surface area contributed by atoms with Crippen molar-refractivity contribution in [2.45, 2.75) is 63.6 Å². The van der Waals surface area contributed by atoms with Gasteiger partial charge in [0.15, 0.2) is 0 Å². The number of ether oxygens (including phenoxy) is 1. The molecule has 1 aromatic rings. The van der Waals surface area contributed by atoms with Crippen molar-refractivity contribution in [3.63, 3.8) is 0 Å². The number of carbonyl (C=O) groups is 3. The van der Waals surface area contributed by atoms with Crippen LogP contribution in [0.2, 0.25) is 0 Å². The number of carbonyl (C=O) groups excluding carboxylic acids is 3. The lowest BCUT2D eigenvalue weighted by Gasteiger charge is -2.45. The summed E-state index contributed by atoms with van der Waals surface area (Å²) < 4.78 is 5.22. The molecule has 0 aromatic heterocycles. The van der Waals surface area contributed by atoms with E-state index in [0.29, 0.717) is 31.7 Å². The van der Waals surface area contributed by atoms with Crippen LogP contribution in [0.5, 0.6) is 0 Å². The minimum atomic E-state index is -0.800. The average molecular weight is 471 g/mol. The van der Waals surface area contributed by atoms with E-state index in [1.165, 1.54) is 43.7 Å². The molecule has 0 saturated carbocycles.